The van der Waals surface area contributed by atoms with Gasteiger partial charge in [0.25, 0.3) is 5.91 Å². The number of ether oxygens (including phenoxy) is 2. The molecule has 3 aliphatic rings. The molecule has 1 atom stereocenters. The number of hydrogen-bond acceptors (Lipinski definition) is 4. The zero-order chi connectivity index (χ0) is 22.1. The Hall–Kier alpha value is -3.02. The summed E-state index contributed by atoms with van der Waals surface area (Å²) in [5, 5.41) is 3.13. The zero-order valence-corrected chi connectivity index (χ0v) is 18.5. The number of hydrogen-bond donors (Lipinski definition) is 1. The Kier molecular flexibility index (Phi) is 5.53. The summed E-state index contributed by atoms with van der Waals surface area (Å²) in [4.78, 5) is 27.5. The minimum absolute atomic E-state index is 0.0234. The maximum atomic E-state index is 13.0. The molecule has 2 aromatic carbocycles. The number of nitrogens with one attached hydrogen (secondary N) is 1. The zero-order valence-electron chi connectivity index (χ0n) is 18.5. The van der Waals surface area contributed by atoms with Crippen LogP contribution in [0.4, 0.5) is 0 Å². The Morgan fingerprint density at radius 2 is 1.91 bits per heavy atom. The van der Waals surface area contributed by atoms with Gasteiger partial charge in [-0.15, -0.1) is 0 Å². The lowest BCUT2D eigenvalue weighted by molar-refractivity contribution is -0.122. The summed E-state index contributed by atoms with van der Waals surface area (Å²) in [5.41, 5.74) is 1.44. The molecule has 2 amide bonds. The Labute approximate surface area is 188 Å². The van der Waals surface area contributed by atoms with Crippen LogP contribution in [0.3, 0.4) is 0 Å². The van der Waals surface area contributed by atoms with Gasteiger partial charge in [-0.25, -0.2) is 0 Å². The van der Waals surface area contributed by atoms with Crippen molar-refractivity contribution >= 4 is 11.8 Å². The lowest BCUT2D eigenvalue weighted by Crippen LogP contribution is -2.52. The van der Waals surface area contributed by atoms with Crippen molar-refractivity contribution in [3.05, 3.63) is 59.7 Å². The van der Waals surface area contributed by atoms with Crippen LogP contribution in [-0.4, -0.2) is 48.6 Å². The van der Waals surface area contributed by atoms with Crippen molar-refractivity contribution < 1.29 is 19.1 Å². The van der Waals surface area contributed by atoms with E-state index in [0.717, 1.165) is 43.4 Å². The molecule has 1 saturated carbocycles. The molecule has 2 heterocycles. The number of benzene rings is 2. The molecule has 32 heavy (non-hydrogen) atoms. The second-order valence-electron chi connectivity index (χ2n) is 9.29. The van der Waals surface area contributed by atoms with E-state index in [1.807, 2.05) is 41.3 Å². The number of carbonyl (C=O) groups is 2. The number of amides is 2. The van der Waals surface area contributed by atoms with Gasteiger partial charge in [0, 0.05) is 49.9 Å². The number of rotatable bonds is 5. The highest BCUT2D eigenvalue weighted by molar-refractivity contribution is 5.94. The van der Waals surface area contributed by atoms with Crippen LogP contribution in [0.1, 0.15) is 60.4 Å². The average Bonchev–Trinajstić information content (AvgIpc) is 3.63. The first-order valence-electron chi connectivity index (χ1n) is 11.6. The number of fused-ring (bicyclic) bond motifs is 1. The van der Waals surface area contributed by atoms with Crippen molar-refractivity contribution in [3.63, 3.8) is 0 Å². The normalized spacial score (nSPS) is 21.4. The van der Waals surface area contributed by atoms with Gasteiger partial charge in [-0.3, -0.25) is 9.59 Å². The highest BCUT2D eigenvalue weighted by atomic mass is 16.5. The molecule has 0 radical (unpaired) electrons. The fourth-order valence-electron chi connectivity index (χ4n) is 5.03. The molecular weight excluding hydrogens is 404 g/mol. The summed E-state index contributed by atoms with van der Waals surface area (Å²) in [6.45, 7) is 1.28. The molecular formula is C26H30N2O4. The molecule has 1 spiro atoms. The monoisotopic (exact) mass is 434 g/mol. The number of para-hydroxylation sites is 1. The van der Waals surface area contributed by atoms with E-state index in [4.69, 9.17) is 9.47 Å². The van der Waals surface area contributed by atoms with E-state index in [1.165, 1.54) is 0 Å². The highest BCUT2D eigenvalue weighted by Gasteiger charge is 2.44. The molecule has 0 bridgehead atoms. The topological polar surface area (TPSA) is 67.9 Å². The molecule has 2 aromatic rings. The van der Waals surface area contributed by atoms with Crippen molar-refractivity contribution in [2.24, 2.45) is 0 Å². The van der Waals surface area contributed by atoms with E-state index < -0.39 is 0 Å². The first-order chi connectivity index (χ1) is 15.5. The number of nitrogens with zero attached hydrogens (tertiary/aromatic N) is 1. The fourth-order valence-corrected chi connectivity index (χ4v) is 5.03. The molecule has 0 unspecified atom stereocenters. The van der Waals surface area contributed by atoms with E-state index in [0.29, 0.717) is 36.9 Å². The van der Waals surface area contributed by atoms with Crippen LogP contribution in [-0.2, 0) is 4.79 Å². The second-order valence-corrected chi connectivity index (χ2v) is 9.29. The molecule has 168 valence electrons. The second kappa shape index (κ2) is 8.49. The van der Waals surface area contributed by atoms with Crippen LogP contribution in [0.5, 0.6) is 11.5 Å². The van der Waals surface area contributed by atoms with Crippen LogP contribution >= 0.6 is 0 Å². The van der Waals surface area contributed by atoms with Crippen molar-refractivity contribution in [2.75, 3.05) is 20.2 Å². The molecule has 2 aliphatic heterocycles. The van der Waals surface area contributed by atoms with Crippen molar-refractivity contribution in [1.29, 1.82) is 0 Å². The van der Waals surface area contributed by atoms with Gasteiger partial charge in [-0.2, -0.15) is 0 Å². The number of likely N-dealkylation sites (tertiary alicyclic amines) is 1. The van der Waals surface area contributed by atoms with Crippen molar-refractivity contribution in [3.8, 4) is 11.5 Å². The SMILES string of the molecule is COc1cccc(C(=O)N2CCC3(CC2)C[C@H](CC(=O)NC2CC2)c2ccccc2O3)c1. The van der Waals surface area contributed by atoms with Crippen LogP contribution in [0, 0.1) is 0 Å². The van der Waals surface area contributed by atoms with Gasteiger partial charge in [0.05, 0.1) is 7.11 Å². The summed E-state index contributed by atoms with van der Waals surface area (Å²) in [5.74, 6) is 1.86. The third-order valence-corrected chi connectivity index (χ3v) is 6.96. The van der Waals surface area contributed by atoms with Crippen LogP contribution < -0.4 is 14.8 Å². The molecule has 6 nitrogen and oxygen atoms in total. The lowest BCUT2D eigenvalue weighted by Gasteiger charge is -2.47. The van der Waals surface area contributed by atoms with Gasteiger partial charge >= 0.3 is 0 Å². The van der Waals surface area contributed by atoms with E-state index in [2.05, 4.69) is 11.4 Å². The van der Waals surface area contributed by atoms with Gasteiger partial charge < -0.3 is 19.7 Å². The summed E-state index contributed by atoms with van der Waals surface area (Å²) in [7, 11) is 1.60. The number of piperidine rings is 1. The maximum Gasteiger partial charge on any atom is 0.253 e. The molecule has 1 saturated heterocycles. The summed E-state index contributed by atoms with van der Waals surface area (Å²) < 4.78 is 11.8. The van der Waals surface area contributed by atoms with E-state index in [1.54, 1.807) is 13.2 Å². The van der Waals surface area contributed by atoms with Gasteiger partial charge in [0.2, 0.25) is 5.91 Å². The van der Waals surface area contributed by atoms with Gasteiger partial charge in [-0.1, -0.05) is 24.3 Å². The standard InChI is InChI=1S/C26H30N2O4/c1-31-21-6-4-5-18(15-21)25(30)28-13-11-26(12-14-28)17-19(16-24(29)27-20-9-10-20)22-7-2-3-8-23(22)32-26/h2-8,15,19-20H,9-14,16-17H2,1H3,(H,27,29)/t19-/m0/s1. The van der Waals surface area contributed by atoms with Crippen molar-refractivity contribution in [2.45, 2.75) is 56.1 Å². The van der Waals surface area contributed by atoms with E-state index >= 15 is 0 Å². The Morgan fingerprint density at radius 3 is 2.66 bits per heavy atom. The molecule has 1 aliphatic carbocycles. The van der Waals surface area contributed by atoms with Crippen LogP contribution in [0.2, 0.25) is 0 Å². The Bertz CT molecular complexity index is 1010. The van der Waals surface area contributed by atoms with Gasteiger partial charge in [0.1, 0.15) is 17.1 Å². The third kappa shape index (κ3) is 4.31. The predicted molar refractivity (Wildman–Crippen MR) is 121 cm³/mol. The summed E-state index contributed by atoms with van der Waals surface area (Å²) >= 11 is 0. The number of carbonyl (C=O) groups excluding carboxylic acids is 2. The first-order valence-corrected chi connectivity index (χ1v) is 11.6. The Morgan fingerprint density at radius 1 is 1.12 bits per heavy atom. The molecule has 5 rings (SSSR count). The molecule has 6 heteroatoms. The summed E-state index contributed by atoms with van der Waals surface area (Å²) in [6.07, 6.45) is 5.01. The quantitative estimate of drug-likeness (QED) is 0.775. The van der Waals surface area contributed by atoms with Crippen LogP contribution in [0.15, 0.2) is 48.5 Å². The average molecular weight is 435 g/mol. The van der Waals surface area contributed by atoms with Crippen molar-refractivity contribution in [1.82, 2.24) is 10.2 Å². The lowest BCUT2D eigenvalue weighted by atomic mass is 9.76. The van der Waals surface area contributed by atoms with Gasteiger partial charge in [-0.05, 0) is 49.1 Å². The largest absolute Gasteiger partial charge is 0.497 e. The smallest absolute Gasteiger partial charge is 0.253 e. The molecule has 1 N–H and O–H groups in total. The summed E-state index contributed by atoms with van der Waals surface area (Å²) in [6, 6.07) is 15.8. The molecule has 0 aromatic heterocycles. The predicted octanol–water partition coefficient (Wildman–Crippen LogP) is 3.91. The van der Waals surface area contributed by atoms with E-state index in [-0.39, 0.29) is 23.3 Å². The highest BCUT2D eigenvalue weighted by Crippen LogP contribution is 2.46. The van der Waals surface area contributed by atoms with Crippen LogP contribution in [0.25, 0.3) is 0 Å². The first kappa shape index (κ1) is 20.9. The maximum absolute atomic E-state index is 13.0. The van der Waals surface area contributed by atoms with E-state index in [9.17, 15) is 9.59 Å². The Balaban J connectivity index is 1.29. The third-order valence-electron chi connectivity index (χ3n) is 6.96. The molecule has 2 fully saturated rings. The number of methoxy groups -OCH3 is 1. The minimum atomic E-state index is -0.329. The fraction of sp³-hybridized carbons (Fsp3) is 0.462. The van der Waals surface area contributed by atoms with Gasteiger partial charge in [0.15, 0.2) is 0 Å². The minimum Gasteiger partial charge on any atom is -0.497 e.